The van der Waals surface area contributed by atoms with E-state index < -0.39 is 5.97 Å². The van der Waals surface area contributed by atoms with Gasteiger partial charge in [0.2, 0.25) is 5.78 Å². The van der Waals surface area contributed by atoms with Crippen LogP contribution in [-0.4, -0.2) is 24.6 Å². The van der Waals surface area contributed by atoms with Crippen LogP contribution in [0.15, 0.2) is 16.3 Å². The third-order valence-corrected chi connectivity index (χ3v) is 3.67. The van der Waals surface area contributed by atoms with Crippen molar-refractivity contribution in [2.45, 2.75) is 11.1 Å². The largest absolute Gasteiger partial charge is 0.457 e. The SMILES string of the molecule is CSc1ccc(C(=O)COC(C)=O)s1. The van der Waals surface area contributed by atoms with Gasteiger partial charge in [0.15, 0.2) is 6.61 Å². The van der Waals surface area contributed by atoms with E-state index in [-0.39, 0.29) is 12.4 Å². The maximum absolute atomic E-state index is 11.4. The molecule has 1 rings (SSSR count). The number of rotatable bonds is 4. The van der Waals surface area contributed by atoms with Crippen molar-refractivity contribution in [1.29, 1.82) is 0 Å². The maximum Gasteiger partial charge on any atom is 0.303 e. The third-order valence-electron chi connectivity index (χ3n) is 1.46. The van der Waals surface area contributed by atoms with E-state index in [1.54, 1.807) is 17.8 Å². The summed E-state index contributed by atoms with van der Waals surface area (Å²) < 4.78 is 5.69. The van der Waals surface area contributed by atoms with E-state index in [1.165, 1.54) is 18.3 Å². The highest BCUT2D eigenvalue weighted by Gasteiger charge is 2.10. The molecule has 1 heterocycles. The molecule has 14 heavy (non-hydrogen) atoms. The molecule has 0 aliphatic heterocycles. The molecule has 1 aromatic rings. The quantitative estimate of drug-likeness (QED) is 0.452. The summed E-state index contributed by atoms with van der Waals surface area (Å²) in [5.41, 5.74) is 0. The molecule has 0 aliphatic carbocycles. The van der Waals surface area contributed by atoms with E-state index >= 15 is 0 Å². The first-order valence-corrected chi connectivity index (χ1v) is 5.98. The van der Waals surface area contributed by atoms with Gasteiger partial charge in [0.25, 0.3) is 0 Å². The van der Waals surface area contributed by atoms with Crippen LogP contribution in [0.4, 0.5) is 0 Å². The van der Waals surface area contributed by atoms with Crippen molar-refractivity contribution in [3.05, 3.63) is 17.0 Å². The van der Waals surface area contributed by atoms with Crippen LogP contribution >= 0.6 is 23.1 Å². The van der Waals surface area contributed by atoms with Gasteiger partial charge in [-0.3, -0.25) is 9.59 Å². The molecule has 0 aliphatic rings. The fraction of sp³-hybridized carbons (Fsp3) is 0.333. The van der Waals surface area contributed by atoms with Crippen molar-refractivity contribution in [1.82, 2.24) is 0 Å². The van der Waals surface area contributed by atoms with Gasteiger partial charge in [0.05, 0.1) is 9.09 Å². The number of ether oxygens (including phenoxy) is 1. The third kappa shape index (κ3) is 3.16. The lowest BCUT2D eigenvalue weighted by Crippen LogP contribution is -2.10. The maximum atomic E-state index is 11.4. The Kier molecular flexibility index (Phi) is 4.16. The highest BCUT2D eigenvalue weighted by atomic mass is 32.2. The van der Waals surface area contributed by atoms with E-state index in [0.717, 1.165) is 4.21 Å². The summed E-state index contributed by atoms with van der Waals surface area (Å²) in [4.78, 5) is 22.5. The lowest BCUT2D eigenvalue weighted by molar-refractivity contribution is -0.139. The van der Waals surface area contributed by atoms with Gasteiger partial charge in [-0.1, -0.05) is 0 Å². The molecule has 0 fully saturated rings. The topological polar surface area (TPSA) is 43.4 Å². The highest BCUT2D eigenvalue weighted by molar-refractivity contribution is 8.00. The van der Waals surface area contributed by atoms with Crippen molar-refractivity contribution < 1.29 is 14.3 Å². The number of thiophene rings is 1. The number of thioether (sulfide) groups is 1. The van der Waals surface area contributed by atoms with Gasteiger partial charge in [-0.05, 0) is 18.4 Å². The van der Waals surface area contributed by atoms with E-state index in [4.69, 9.17) is 0 Å². The zero-order valence-electron chi connectivity index (χ0n) is 7.90. The van der Waals surface area contributed by atoms with E-state index in [1.807, 2.05) is 12.3 Å². The van der Waals surface area contributed by atoms with E-state index in [2.05, 4.69) is 4.74 Å². The number of carbonyl (C=O) groups excluding carboxylic acids is 2. The zero-order valence-corrected chi connectivity index (χ0v) is 9.54. The molecule has 0 aromatic carbocycles. The van der Waals surface area contributed by atoms with Crippen molar-refractivity contribution in [3.8, 4) is 0 Å². The molecule has 0 atom stereocenters. The molecule has 0 radical (unpaired) electrons. The summed E-state index contributed by atoms with van der Waals surface area (Å²) in [5.74, 6) is -0.578. The Morgan fingerprint density at radius 2 is 2.21 bits per heavy atom. The summed E-state index contributed by atoms with van der Waals surface area (Å²) in [6, 6.07) is 3.64. The molecule has 0 unspecified atom stereocenters. The Morgan fingerprint density at radius 3 is 2.71 bits per heavy atom. The average Bonchev–Trinajstić information content (AvgIpc) is 2.62. The van der Waals surface area contributed by atoms with Gasteiger partial charge < -0.3 is 4.74 Å². The van der Waals surface area contributed by atoms with Crippen LogP contribution in [0.1, 0.15) is 16.6 Å². The smallest absolute Gasteiger partial charge is 0.303 e. The Balaban J connectivity index is 2.56. The molecule has 0 N–H and O–H groups in total. The first-order chi connectivity index (χ1) is 6.63. The van der Waals surface area contributed by atoms with Crippen molar-refractivity contribution in [2.24, 2.45) is 0 Å². The number of hydrogen-bond donors (Lipinski definition) is 0. The first-order valence-electron chi connectivity index (χ1n) is 3.94. The molecule has 0 amide bonds. The summed E-state index contributed by atoms with van der Waals surface area (Å²) in [6.45, 7) is 1.12. The van der Waals surface area contributed by atoms with Crippen molar-refractivity contribution in [2.75, 3.05) is 12.9 Å². The molecule has 76 valence electrons. The first kappa shape index (κ1) is 11.3. The highest BCUT2D eigenvalue weighted by Crippen LogP contribution is 2.25. The predicted octanol–water partition coefficient (Wildman–Crippen LogP) is 2.22. The summed E-state index contributed by atoms with van der Waals surface area (Å²) in [6.07, 6.45) is 1.95. The Hall–Kier alpha value is -0.810. The van der Waals surface area contributed by atoms with Crippen LogP contribution in [0.5, 0.6) is 0 Å². The fourth-order valence-corrected chi connectivity index (χ4v) is 2.29. The minimum atomic E-state index is -0.431. The normalized spacial score (nSPS) is 9.86. The van der Waals surface area contributed by atoms with Gasteiger partial charge in [-0.25, -0.2) is 0 Å². The predicted molar refractivity (Wildman–Crippen MR) is 57.1 cm³/mol. The summed E-state index contributed by atoms with van der Waals surface area (Å²) in [5, 5.41) is 0. The molecule has 1 aromatic heterocycles. The second kappa shape index (κ2) is 5.17. The van der Waals surface area contributed by atoms with Crippen LogP contribution in [-0.2, 0) is 9.53 Å². The summed E-state index contributed by atoms with van der Waals surface area (Å²) >= 11 is 3.00. The van der Waals surface area contributed by atoms with Gasteiger partial charge in [0, 0.05) is 6.92 Å². The molecule has 0 saturated heterocycles. The second-order valence-corrected chi connectivity index (χ2v) is 4.72. The van der Waals surface area contributed by atoms with Gasteiger partial charge in [-0.15, -0.1) is 23.1 Å². The van der Waals surface area contributed by atoms with Crippen molar-refractivity contribution in [3.63, 3.8) is 0 Å². The van der Waals surface area contributed by atoms with Crippen LogP contribution in [0.3, 0.4) is 0 Å². The van der Waals surface area contributed by atoms with Crippen LogP contribution in [0.2, 0.25) is 0 Å². The number of esters is 1. The van der Waals surface area contributed by atoms with Crippen molar-refractivity contribution >= 4 is 34.9 Å². The van der Waals surface area contributed by atoms with Crippen LogP contribution in [0.25, 0.3) is 0 Å². The monoisotopic (exact) mass is 230 g/mol. The second-order valence-electron chi connectivity index (χ2n) is 2.53. The lowest BCUT2D eigenvalue weighted by atomic mass is 10.3. The van der Waals surface area contributed by atoms with Gasteiger partial charge >= 0.3 is 5.97 Å². The molecular formula is C9H10O3S2. The minimum Gasteiger partial charge on any atom is -0.457 e. The van der Waals surface area contributed by atoms with E-state index in [0.29, 0.717) is 4.88 Å². The standard InChI is InChI=1S/C9H10O3S2/c1-6(10)12-5-7(11)8-3-4-9(13-2)14-8/h3-4H,5H2,1-2H3. The number of Topliss-reactive ketones (excluding diaryl/α,β-unsaturated/α-hetero) is 1. The number of hydrogen-bond acceptors (Lipinski definition) is 5. The molecule has 0 spiro atoms. The molecule has 5 heteroatoms. The molecule has 0 bridgehead atoms. The molecular weight excluding hydrogens is 220 g/mol. The average molecular weight is 230 g/mol. The van der Waals surface area contributed by atoms with Crippen LogP contribution < -0.4 is 0 Å². The van der Waals surface area contributed by atoms with Gasteiger partial charge in [-0.2, -0.15) is 0 Å². The Labute approximate surface area is 90.5 Å². The Bertz CT molecular complexity index is 344. The minimum absolute atomic E-state index is 0.148. The zero-order chi connectivity index (χ0) is 10.6. The van der Waals surface area contributed by atoms with Gasteiger partial charge in [0.1, 0.15) is 0 Å². The molecule has 3 nitrogen and oxygen atoms in total. The number of ketones is 1. The fourth-order valence-electron chi connectivity index (χ4n) is 0.818. The molecule has 0 saturated carbocycles. The lowest BCUT2D eigenvalue weighted by Gasteiger charge is -1.97. The summed E-state index contributed by atoms with van der Waals surface area (Å²) in [7, 11) is 0. The van der Waals surface area contributed by atoms with E-state index in [9.17, 15) is 9.59 Å². The van der Waals surface area contributed by atoms with Crippen LogP contribution in [0, 0.1) is 0 Å². The number of carbonyl (C=O) groups is 2. The Morgan fingerprint density at radius 1 is 1.50 bits per heavy atom.